The Hall–Kier alpha value is -2.87. The predicted octanol–water partition coefficient (Wildman–Crippen LogP) is 4.79. The average Bonchev–Trinajstić information content (AvgIpc) is 2.73. The summed E-state index contributed by atoms with van der Waals surface area (Å²) in [6.07, 6.45) is 1.15. The van der Waals surface area contributed by atoms with E-state index in [4.69, 9.17) is 27.9 Å². The highest BCUT2D eigenvalue weighted by atomic mass is 35.5. The molecule has 0 aromatic heterocycles. The second-order valence-corrected chi connectivity index (χ2v) is 9.80. The summed E-state index contributed by atoms with van der Waals surface area (Å²) in [7, 11) is -3.41. The number of amides is 1. The third-order valence-electron chi connectivity index (χ3n) is 4.56. The minimum Gasteiger partial charge on any atom is -0.425 e. The first-order valence-electron chi connectivity index (χ1n) is 9.44. The first kappa shape index (κ1) is 23.8. The van der Waals surface area contributed by atoms with Crippen molar-refractivity contribution in [3.8, 4) is 16.9 Å². The van der Waals surface area contributed by atoms with Gasteiger partial charge < -0.3 is 10.1 Å². The Bertz CT molecular complexity index is 1250. The summed E-state index contributed by atoms with van der Waals surface area (Å²) in [6.45, 7) is 1.47. The second kappa shape index (κ2) is 9.73. The number of sulfone groups is 1. The Morgan fingerprint density at radius 3 is 2.09 bits per heavy atom. The second-order valence-electron chi connectivity index (χ2n) is 7.01. The number of hydrogen-bond acceptors (Lipinski definition) is 5. The van der Waals surface area contributed by atoms with Crippen LogP contribution in [0.3, 0.4) is 0 Å². The molecule has 0 aliphatic heterocycles. The van der Waals surface area contributed by atoms with Crippen LogP contribution in [0.2, 0.25) is 10.0 Å². The molecule has 1 N–H and O–H groups in total. The molecule has 0 bridgehead atoms. The molecule has 0 spiro atoms. The molecule has 32 heavy (non-hydrogen) atoms. The van der Waals surface area contributed by atoms with E-state index < -0.39 is 27.8 Å². The van der Waals surface area contributed by atoms with Gasteiger partial charge in [0.1, 0.15) is 11.8 Å². The lowest BCUT2D eigenvalue weighted by Crippen LogP contribution is -2.41. The number of ether oxygens (including phenoxy) is 1. The van der Waals surface area contributed by atoms with Crippen molar-refractivity contribution < 1.29 is 22.7 Å². The van der Waals surface area contributed by atoms with E-state index in [2.05, 4.69) is 5.32 Å². The van der Waals surface area contributed by atoms with Crippen molar-refractivity contribution in [1.82, 2.24) is 5.32 Å². The van der Waals surface area contributed by atoms with Gasteiger partial charge in [-0.25, -0.2) is 13.2 Å². The molecule has 3 aromatic rings. The van der Waals surface area contributed by atoms with E-state index in [1.54, 1.807) is 48.5 Å². The van der Waals surface area contributed by atoms with Crippen LogP contribution in [0.4, 0.5) is 0 Å². The number of rotatable bonds is 6. The molecule has 0 aliphatic carbocycles. The number of carbonyl (C=O) groups is 2. The van der Waals surface area contributed by atoms with Gasteiger partial charge in [0.05, 0.1) is 20.5 Å². The zero-order chi connectivity index (χ0) is 23.5. The first-order chi connectivity index (χ1) is 15.1. The van der Waals surface area contributed by atoms with Gasteiger partial charge >= 0.3 is 5.97 Å². The molecule has 1 atom stereocenters. The van der Waals surface area contributed by atoms with Gasteiger partial charge in [-0.3, -0.25) is 4.79 Å². The van der Waals surface area contributed by atoms with Gasteiger partial charge in [-0.05, 0) is 42.8 Å². The van der Waals surface area contributed by atoms with Crippen LogP contribution in [0.25, 0.3) is 11.1 Å². The third-order valence-corrected chi connectivity index (χ3v) is 6.35. The lowest BCUT2D eigenvalue weighted by atomic mass is 10.1. The van der Waals surface area contributed by atoms with Crippen LogP contribution in [0.1, 0.15) is 17.3 Å². The Kier molecular flexibility index (Phi) is 7.23. The summed E-state index contributed by atoms with van der Waals surface area (Å²) in [5.74, 6) is -1.05. The van der Waals surface area contributed by atoms with Crippen LogP contribution in [0.5, 0.6) is 5.75 Å². The van der Waals surface area contributed by atoms with Gasteiger partial charge in [0.2, 0.25) is 0 Å². The summed E-state index contributed by atoms with van der Waals surface area (Å²) in [5.41, 5.74) is 1.27. The van der Waals surface area contributed by atoms with Gasteiger partial charge in [-0.2, -0.15) is 0 Å². The van der Waals surface area contributed by atoms with Gasteiger partial charge in [0.15, 0.2) is 9.84 Å². The molecule has 9 heteroatoms. The van der Waals surface area contributed by atoms with E-state index in [1.807, 2.05) is 0 Å². The fourth-order valence-corrected chi connectivity index (χ4v) is 4.46. The van der Waals surface area contributed by atoms with Gasteiger partial charge in [0, 0.05) is 11.8 Å². The van der Waals surface area contributed by atoms with E-state index in [9.17, 15) is 18.0 Å². The van der Waals surface area contributed by atoms with Crippen LogP contribution in [-0.2, 0) is 14.6 Å². The molecule has 0 unspecified atom stereocenters. The Morgan fingerprint density at radius 1 is 0.906 bits per heavy atom. The minimum atomic E-state index is -3.41. The fourth-order valence-electron chi connectivity index (χ4n) is 2.98. The van der Waals surface area contributed by atoms with Crippen LogP contribution in [-0.4, -0.2) is 32.6 Å². The van der Waals surface area contributed by atoms with Crippen molar-refractivity contribution in [1.29, 1.82) is 0 Å². The Morgan fingerprint density at radius 2 is 1.50 bits per heavy atom. The molecule has 0 radical (unpaired) electrons. The smallest absolute Gasteiger partial charge is 0.333 e. The van der Waals surface area contributed by atoms with Gasteiger partial charge in [-0.1, -0.05) is 59.6 Å². The van der Waals surface area contributed by atoms with Crippen molar-refractivity contribution in [3.63, 3.8) is 0 Å². The van der Waals surface area contributed by atoms with E-state index >= 15 is 0 Å². The zero-order valence-corrected chi connectivity index (χ0v) is 19.5. The number of halogens is 2. The molecule has 166 valence electrons. The molecule has 6 nitrogen and oxygen atoms in total. The van der Waals surface area contributed by atoms with Crippen LogP contribution < -0.4 is 10.1 Å². The molecule has 3 aromatic carbocycles. The summed E-state index contributed by atoms with van der Waals surface area (Å²) in [6, 6.07) is 16.7. The molecule has 0 saturated heterocycles. The third kappa shape index (κ3) is 5.48. The number of esters is 1. The summed E-state index contributed by atoms with van der Waals surface area (Å²) < 4.78 is 29.4. The number of nitrogens with one attached hydrogen (secondary N) is 1. The Labute approximate surface area is 196 Å². The lowest BCUT2D eigenvalue weighted by molar-refractivity contribution is -0.136. The molecule has 0 aliphatic rings. The minimum absolute atomic E-state index is 0.0735. The largest absolute Gasteiger partial charge is 0.425 e. The lowest BCUT2D eigenvalue weighted by Gasteiger charge is -2.15. The van der Waals surface area contributed by atoms with Crippen molar-refractivity contribution in [3.05, 3.63) is 82.3 Å². The van der Waals surface area contributed by atoms with Crippen LogP contribution in [0.15, 0.2) is 71.6 Å². The molecule has 0 fully saturated rings. The number of hydrogen-bond donors (Lipinski definition) is 1. The van der Waals surface area contributed by atoms with E-state index in [0.29, 0.717) is 11.1 Å². The molecular formula is C23H19Cl2NO5S. The van der Waals surface area contributed by atoms with Gasteiger partial charge in [0.25, 0.3) is 5.91 Å². The molecular weight excluding hydrogens is 473 g/mol. The predicted molar refractivity (Wildman–Crippen MR) is 124 cm³/mol. The van der Waals surface area contributed by atoms with Crippen LogP contribution in [0, 0.1) is 0 Å². The maximum Gasteiger partial charge on any atom is 0.333 e. The molecule has 0 saturated carbocycles. The molecule has 3 rings (SSSR count). The maximum absolute atomic E-state index is 12.4. The number of benzene rings is 3. The normalized spacial score (nSPS) is 12.1. The van der Waals surface area contributed by atoms with E-state index in [0.717, 1.165) is 6.26 Å². The summed E-state index contributed by atoms with van der Waals surface area (Å²) in [4.78, 5) is 25.0. The standard InChI is InChI=1S/C23H19Cl2NO5S/c1-14(26-22(27)21-18(24)7-5-8-19(21)25)23(28)31-16-12-10-15(11-13-16)17-6-3-4-9-20(17)32(2,29)30/h3-14H,1-2H3,(H,26,27)/t14-/m0/s1. The van der Waals surface area contributed by atoms with Crippen LogP contribution >= 0.6 is 23.2 Å². The fraction of sp³-hybridized carbons (Fsp3) is 0.130. The highest BCUT2D eigenvalue weighted by molar-refractivity contribution is 7.90. The Balaban J connectivity index is 1.71. The van der Waals surface area contributed by atoms with Crippen molar-refractivity contribution >= 4 is 44.9 Å². The SMILES string of the molecule is C[C@H](NC(=O)c1c(Cl)cccc1Cl)C(=O)Oc1ccc(-c2ccccc2S(C)(=O)=O)cc1. The zero-order valence-electron chi connectivity index (χ0n) is 17.1. The highest BCUT2D eigenvalue weighted by Crippen LogP contribution is 2.29. The highest BCUT2D eigenvalue weighted by Gasteiger charge is 2.22. The van der Waals surface area contributed by atoms with Crippen molar-refractivity contribution in [2.75, 3.05) is 6.26 Å². The van der Waals surface area contributed by atoms with Gasteiger partial charge in [-0.15, -0.1) is 0 Å². The number of carbonyl (C=O) groups excluding carboxylic acids is 2. The van der Waals surface area contributed by atoms with E-state index in [1.165, 1.54) is 25.1 Å². The van der Waals surface area contributed by atoms with Crippen molar-refractivity contribution in [2.45, 2.75) is 17.9 Å². The summed E-state index contributed by atoms with van der Waals surface area (Å²) in [5, 5.41) is 2.84. The molecule has 1 amide bonds. The first-order valence-corrected chi connectivity index (χ1v) is 12.1. The quantitative estimate of drug-likeness (QED) is 0.395. The summed E-state index contributed by atoms with van der Waals surface area (Å²) >= 11 is 12.0. The van der Waals surface area contributed by atoms with Crippen molar-refractivity contribution in [2.24, 2.45) is 0 Å². The average molecular weight is 492 g/mol. The monoisotopic (exact) mass is 491 g/mol. The topological polar surface area (TPSA) is 89.5 Å². The molecule has 0 heterocycles. The van der Waals surface area contributed by atoms with E-state index in [-0.39, 0.29) is 26.3 Å². The maximum atomic E-state index is 12.4.